The number of guanidine groups is 1. The van der Waals surface area contributed by atoms with Crippen molar-refractivity contribution in [1.82, 2.24) is 15.5 Å². The number of methoxy groups -OCH3 is 1. The van der Waals surface area contributed by atoms with E-state index in [0.29, 0.717) is 12.5 Å². The highest BCUT2D eigenvalue weighted by Crippen LogP contribution is 2.15. The summed E-state index contributed by atoms with van der Waals surface area (Å²) in [5, 5.41) is 6.74. The summed E-state index contributed by atoms with van der Waals surface area (Å²) in [4.78, 5) is 6.76. The first-order chi connectivity index (χ1) is 12.3. The van der Waals surface area contributed by atoms with Gasteiger partial charge < -0.3 is 25.0 Å². The number of likely N-dealkylation sites (tertiary alicyclic amines) is 1. The molecule has 148 valence electrons. The lowest BCUT2D eigenvalue weighted by Crippen LogP contribution is -2.44. The van der Waals surface area contributed by atoms with Crippen molar-refractivity contribution in [3.8, 4) is 5.75 Å². The van der Waals surface area contributed by atoms with Gasteiger partial charge in [0.25, 0.3) is 0 Å². The monoisotopic (exact) mass is 476 g/mol. The van der Waals surface area contributed by atoms with E-state index in [9.17, 15) is 0 Å². The number of para-hydroxylation sites is 1. The van der Waals surface area contributed by atoms with Crippen LogP contribution in [0.3, 0.4) is 0 Å². The molecular formula is C19H33IN4O2. The normalized spacial score (nSPS) is 16.0. The Kier molecular flexibility index (Phi) is 12.4. The lowest BCUT2D eigenvalue weighted by Gasteiger charge is -2.32. The third kappa shape index (κ3) is 9.05. The average Bonchev–Trinajstić information content (AvgIpc) is 2.67. The lowest BCUT2D eigenvalue weighted by atomic mass is 9.97. The number of aliphatic imine (C=N–C) groups is 1. The number of benzene rings is 1. The molecule has 1 aliphatic rings. The number of rotatable bonds is 9. The molecule has 0 atom stereocenters. The van der Waals surface area contributed by atoms with E-state index in [0.717, 1.165) is 51.0 Å². The van der Waals surface area contributed by atoms with Gasteiger partial charge in [-0.2, -0.15) is 0 Å². The van der Waals surface area contributed by atoms with Gasteiger partial charge in [0.1, 0.15) is 12.4 Å². The molecule has 0 unspecified atom stereocenters. The Balaban J connectivity index is 0.00000338. The van der Waals surface area contributed by atoms with Gasteiger partial charge in [0.05, 0.1) is 13.2 Å². The molecule has 26 heavy (non-hydrogen) atoms. The standard InChI is InChI=1S/C19H32N4O2.HI/c1-20-19(21-10-14-25-18-6-4-3-5-7-18)22-16-17-8-11-23(12-9-17)13-15-24-2;/h3-7,17H,8-16H2,1-2H3,(H2,20,21,22);1H. The number of hydrogen-bond acceptors (Lipinski definition) is 4. The second-order valence-electron chi connectivity index (χ2n) is 6.32. The van der Waals surface area contributed by atoms with Crippen LogP contribution in [0.5, 0.6) is 5.75 Å². The van der Waals surface area contributed by atoms with Crippen molar-refractivity contribution in [2.75, 3.05) is 60.1 Å². The molecule has 1 aromatic rings. The highest BCUT2D eigenvalue weighted by molar-refractivity contribution is 14.0. The predicted molar refractivity (Wildman–Crippen MR) is 118 cm³/mol. The minimum atomic E-state index is 0. The van der Waals surface area contributed by atoms with E-state index in [4.69, 9.17) is 9.47 Å². The quantitative estimate of drug-likeness (QED) is 0.248. The average molecular weight is 476 g/mol. The van der Waals surface area contributed by atoms with Gasteiger partial charge in [0.2, 0.25) is 0 Å². The molecule has 2 N–H and O–H groups in total. The smallest absolute Gasteiger partial charge is 0.191 e. The molecule has 0 spiro atoms. The summed E-state index contributed by atoms with van der Waals surface area (Å²) in [6.45, 7) is 6.50. The van der Waals surface area contributed by atoms with Crippen LogP contribution in [-0.4, -0.2) is 71.0 Å². The summed E-state index contributed by atoms with van der Waals surface area (Å²) in [6, 6.07) is 9.87. The molecule has 1 fully saturated rings. The molecule has 0 radical (unpaired) electrons. The van der Waals surface area contributed by atoms with Crippen LogP contribution in [-0.2, 0) is 4.74 Å². The zero-order valence-electron chi connectivity index (χ0n) is 15.9. The summed E-state index contributed by atoms with van der Waals surface area (Å²) < 4.78 is 10.8. The first-order valence-electron chi connectivity index (χ1n) is 9.15. The Morgan fingerprint density at radius 2 is 1.88 bits per heavy atom. The molecule has 0 saturated carbocycles. The van der Waals surface area contributed by atoms with E-state index >= 15 is 0 Å². The maximum absolute atomic E-state index is 5.68. The van der Waals surface area contributed by atoms with E-state index in [1.165, 1.54) is 12.8 Å². The van der Waals surface area contributed by atoms with Crippen LogP contribution < -0.4 is 15.4 Å². The van der Waals surface area contributed by atoms with Gasteiger partial charge in [0, 0.05) is 27.2 Å². The molecule has 1 saturated heterocycles. The fourth-order valence-corrected chi connectivity index (χ4v) is 2.95. The minimum Gasteiger partial charge on any atom is -0.492 e. The van der Waals surface area contributed by atoms with Crippen LogP contribution in [0.4, 0.5) is 0 Å². The van der Waals surface area contributed by atoms with Crippen molar-refractivity contribution >= 4 is 29.9 Å². The van der Waals surface area contributed by atoms with E-state index < -0.39 is 0 Å². The van der Waals surface area contributed by atoms with Crippen molar-refractivity contribution in [2.24, 2.45) is 10.9 Å². The SMILES string of the molecule is CN=C(NCCOc1ccccc1)NCC1CCN(CCOC)CC1.I. The number of halogens is 1. The molecule has 7 heteroatoms. The zero-order chi connectivity index (χ0) is 17.7. The Morgan fingerprint density at radius 3 is 2.54 bits per heavy atom. The molecule has 1 heterocycles. The molecule has 1 aliphatic heterocycles. The maximum atomic E-state index is 5.68. The Hall–Kier alpha value is -1.06. The molecule has 0 amide bonds. The summed E-state index contributed by atoms with van der Waals surface area (Å²) in [6.07, 6.45) is 2.45. The Labute approximate surface area is 174 Å². The van der Waals surface area contributed by atoms with Gasteiger partial charge in [-0.05, 0) is 44.0 Å². The van der Waals surface area contributed by atoms with Crippen LogP contribution in [0.25, 0.3) is 0 Å². The van der Waals surface area contributed by atoms with Crippen molar-refractivity contribution in [1.29, 1.82) is 0 Å². The third-order valence-electron chi connectivity index (χ3n) is 4.51. The fraction of sp³-hybridized carbons (Fsp3) is 0.632. The number of hydrogen-bond donors (Lipinski definition) is 2. The third-order valence-corrected chi connectivity index (χ3v) is 4.51. The van der Waals surface area contributed by atoms with Crippen molar-refractivity contribution in [2.45, 2.75) is 12.8 Å². The largest absolute Gasteiger partial charge is 0.492 e. The maximum Gasteiger partial charge on any atom is 0.191 e. The van der Waals surface area contributed by atoms with Crippen LogP contribution in [0.2, 0.25) is 0 Å². The van der Waals surface area contributed by atoms with Gasteiger partial charge in [0.15, 0.2) is 5.96 Å². The molecular weight excluding hydrogens is 443 g/mol. The second kappa shape index (κ2) is 14.1. The highest BCUT2D eigenvalue weighted by atomic mass is 127. The molecule has 0 aliphatic carbocycles. The molecule has 6 nitrogen and oxygen atoms in total. The van der Waals surface area contributed by atoms with Crippen LogP contribution in [0.15, 0.2) is 35.3 Å². The summed E-state index contributed by atoms with van der Waals surface area (Å²) in [5.41, 5.74) is 0. The van der Waals surface area contributed by atoms with Gasteiger partial charge in [-0.15, -0.1) is 24.0 Å². The topological polar surface area (TPSA) is 58.1 Å². The van der Waals surface area contributed by atoms with E-state index in [1.807, 2.05) is 30.3 Å². The fourth-order valence-electron chi connectivity index (χ4n) is 2.95. The number of nitrogens with zero attached hydrogens (tertiary/aromatic N) is 2. The highest BCUT2D eigenvalue weighted by Gasteiger charge is 2.18. The number of piperidine rings is 1. The van der Waals surface area contributed by atoms with Crippen molar-refractivity contribution < 1.29 is 9.47 Å². The van der Waals surface area contributed by atoms with Crippen molar-refractivity contribution in [3.63, 3.8) is 0 Å². The second-order valence-corrected chi connectivity index (χ2v) is 6.32. The first-order valence-corrected chi connectivity index (χ1v) is 9.15. The summed E-state index contributed by atoms with van der Waals surface area (Å²) in [5.74, 6) is 2.45. The number of nitrogens with one attached hydrogen (secondary N) is 2. The Bertz CT molecular complexity index is 494. The van der Waals surface area contributed by atoms with Gasteiger partial charge in [-0.1, -0.05) is 18.2 Å². The van der Waals surface area contributed by atoms with Crippen molar-refractivity contribution in [3.05, 3.63) is 30.3 Å². The first kappa shape index (κ1) is 23.0. The minimum absolute atomic E-state index is 0. The van der Waals surface area contributed by atoms with Crippen LogP contribution in [0, 0.1) is 5.92 Å². The van der Waals surface area contributed by atoms with Gasteiger partial charge in [-0.3, -0.25) is 4.99 Å². The molecule has 1 aromatic carbocycles. The summed E-state index contributed by atoms with van der Waals surface area (Å²) in [7, 11) is 3.57. The predicted octanol–water partition coefficient (Wildman–Crippen LogP) is 2.21. The Morgan fingerprint density at radius 1 is 1.15 bits per heavy atom. The zero-order valence-corrected chi connectivity index (χ0v) is 18.3. The summed E-state index contributed by atoms with van der Waals surface area (Å²) >= 11 is 0. The van der Waals surface area contributed by atoms with Gasteiger partial charge >= 0.3 is 0 Å². The van der Waals surface area contributed by atoms with E-state index in [-0.39, 0.29) is 24.0 Å². The van der Waals surface area contributed by atoms with E-state index in [1.54, 1.807) is 14.2 Å². The molecule has 0 aromatic heterocycles. The van der Waals surface area contributed by atoms with Gasteiger partial charge in [-0.25, -0.2) is 0 Å². The molecule has 0 bridgehead atoms. The van der Waals surface area contributed by atoms with Crippen LogP contribution >= 0.6 is 24.0 Å². The lowest BCUT2D eigenvalue weighted by molar-refractivity contribution is 0.121. The van der Waals surface area contributed by atoms with E-state index in [2.05, 4.69) is 20.5 Å². The van der Waals surface area contributed by atoms with Crippen LogP contribution in [0.1, 0.15) is 12.8 Å². The molecule has 2 rings (SSSR count). The number of ether oxygens (including phenoxy) is 2.